The normalized spacial score (nSPS) is 11.1. The van der Waals surface area contributed by atoms with Crippen LogP contribution >= 0.6 is 11.8 Å². The highest BCUT2D eigenvalue weighted by molar-refractivity contribution is 7.99. The average Bonchev–Trinajstić information content (AvgIpc) is 2.72. The number of aromatic nitrogens is 1. The van der Waals surface area contributed by atoms with E-state index in [0.717, 1.165) is 6.54 Å². The van der Waals surface area contributed by atoms with Crippen LogP contribution in [-0.4, -0.2) is 16.1 Å². The maximum atomic E-state index is 5.64. The molecule has 2 nitrogen and oxygen atoms in total. The number of rotatable bonds is 5. The van der Waals surface area contributed by atoms with E-state index in [2.05, 4.69) is 42.0 Å². The monoisotopic (exact) mass is 234 g/mol. The van der Waals surface area contributed by atoms with Crippen molar-refractivity contribution in [1.29, 1.82) is 0 Å². The third-order valence-corrected chi connectivity index (χ3v) is 3.63. The van der Waals surface area contributed by atoms with Crippen molar-refractivity contribution in [3.8, 4) is 0 Å². The van der Waals surface area contributed by atoms with Gasteiger partial charge in [-0.05, 0) is 34.9 Å². The second kappa shape index (κ2) is 5.41. The van der Waals surface area contributed by atoms with Gasteiger partial charge < -0.3 is 10.3 Å². The molecule has 0 aliphatic heterocycles. The molecule has 0 spiro atoms. The van der Waals surface area contributed by atoms with Crippen LogP contribution in [0.5, 0.6) is 0 Å². The van der Waals surface area contributed by atoms with E-state index in [1.54, 1.807) is 0 Å². The summed E-state index contributed by atoms with van der Waals surface area (Å²) in [6.45, 7) is 3.91. The molecule has 0 aliphatic rings. The predicted molar refractivity (Wildman–Crippen MR) is 72.8 cm³/mol. The average molecular weight is 234 g/mol. The third-order valence-electron chi connectivity index (χ3n) is 2.75. The van der Waals surface area contributed by atoms with Crippen molar-refractivity contribution >= 4 is 22.7 Å². The summed E-state index contributed by atoms with van der Waals surface area (Å²) in [6, 6.07) is 8.64. The van der Waals surface area contributed by atoms with Crippen LogP contribution in [0.1, 0.15) is 12.5 Å². The van der Waals surface area contributed by atoms with Crippen LogP contribution in [-0.2, 0) is 13.1 Å². The fraction of sp³-hybridized carbons (Fsp3) is 0.385. The Morgan fingerprint density at radius 1 is 1.31 bits per heavy atom. The van der Waals surface area contributed by atoms with Gasteiger partial charge in [0.1, 0.15) is 0 Å². The number of fused-ring (bicyclic) bond motifs is 1. The van der Waals surface area contributed by atoms with Crippen molar-refractivity contribution in [2.24, 2.45) is 5.73 Å². The number of benzene rings is 1. The standard InChI is InChI=1S/C13H18N2S/c1-2-16-8-7-15-6-5-12-9-11(10-14)3-4-13(12)15/h3-6,9H,2,7-8,10,14H2,1H3. The number of hydrogen-bond donors (Lipinski definition) is 1. The maximum Gasteiger partial charge on any atom is 0.0480 e. The maximum absolute atomic E-state index is 5.64. The van der Waals surface area contributed by atoms with Gasteiger partial charge in [0.05, 0.1) is 0 Å². The van der Waals surface area contributed by atoms with E-state index in [9.17, 15) is 0 Å². The lowest BCUT2D eigenvalue weighted by Crippen LogP contribution is -1.99. The first-order valence-corrected chi connectivity index (χ1v) is 6.86. The highest BCUT2D eigenvalue weighted by atomic mass is 32.2. The van der Waals surface area contributed by atoms with Gasteiger partial charge in [-0.15, -0.1) is 0 Å². The first-order chi connectivity index (χ1) is 7.85. The first-order valence-electron chi connectivity index (χ1n) is 5.70. The van der Waals surface area contributed by atoms with Gasteiger partial charge in [-0.25, -0.2) is 0 Å². The van der Waals surface area contributed by atoms with Gasteiger partial charge in [-0.3, -0.25) is 0 Å². The quantitative estimate of drug-likeness (QED) is 0.806. The third kappa shape index (κ3) is 2.42. The Kier molecular flexibility index (Phi) is 3.91. The van der Waals surface area contributed by atoms with Gasteiger partial charge in [0.2, 0.25) is 0 Å². The zero-order chi connectivity index (χ0) is 11.4. The lowest BCUT2D eigenvalue weighted by atomic mass is 10.1. The Hall–Kier alpha value is -0.930. The zero-order valence-electron chi connectivity index (χ0n) is 9.65. The molecule has 2 aromatic rings. The minimum Gasteiger partial charge on any atom is -0.347 e. The van der Waals surface area contributed by atoms with Gasteiger partial charge >= 0.3 is 0 Å². The summed E-state index contributed by atoms with van der Waals surface area (Å²) in [7, 11) is 0. The molecule has 0 aliphatic carbocycles. The van der Waals surface area contributed by atoms with Crippen LogP contribution in [0.15, 0.2) is 30.5 Å². The SMILES string of the molecule is CCSCCn1ccc2cc(CN)ccc21. The minimum atomic E-state index is 0.618. The second-order valence-electron chi connectivity index (χ2n) is 3.80. The van der Waals surface area contributed by atoms with Crippen molar-refractivity contribution in [3.05, 3.63) is 36.0 Å². The Bertz CT molecular complexity index is 462. The van der Waals surface area contributed by atoms with Gasteiger partial charge in [0, 0.05) is 30.6 Å². The smallest absolute Gasteiger partial charge is 0.0480 e. The van der Waals surface area contributed by atoms with E-state index in [0.29, 0.717) is 6.54 Å². The Balaban J connectivity index is 2.20. The fourth-order valence-corrected chi connectivity index (χ4v) is 2.49. The number of nitrogens with zero attached hydrogens (tertiary/aromatic N) is 1. The zero-order valence-corrected chi connectivity index (χ0v) is 10.5. The topological polar surface area (TPSA) is 30.9 Å². The van der Waals surface area contributed by atoms with Crippen LogP contribution in [0, 0.1) is 0 Å². The summed E-state index contributed by atoms with van der Waals surface area (Å²) in [5.74, 6) is 2.37. The number of aryl methyl sites for hydroxylation is 1. The highest BCUT2D eigenvalue weighted by Gasteiger charge is 2.01. The van der Waals surface area contributed by atoms with Gasteiger partial charge in [-0.2, -0.15) is 11.8 Å². The molecule has 3 heteroatoms. The molecule has 0 fully saturated rings. The van der Waals surface area contributed by atoms with E-state index in [4.69, 9.17) is 5.73 Å². The van der Waals surface area contributed by atoms with E-state index >= 15 is 0 Å². The predicted octanol–water partition coefficient (Wildman–Crippen LogP) is 2.85. The molecule has 1 aromatic carbocycles. The van der Waals surface area contributed by atoms with E-state index in [1.807, 2.05) is 11.8 Å². The van der Waals surface area contributed by atoms with Gasteiger partial charge in [0.15, 0.2) is 0 Å². The molecule has 86 valence electrons. The van der Waals surface area contributed by atoms with Crippen molar-refractivity contribution in [3.63, 3.8) is 0 Å². The van der Waals surface area contributed by atoms with Crippen LogP contribution in [0.3, 0.4) is 0 Å². The lowest BCUT2D eigenvalue weighted by Gasteiger charge is -2.05. The molecular weight excluding hydrogens is 216 g/mol. The minimum absolute atomic E-state index is 0.618. The molecule has 0 atom stereocenters. The molecule has 0 saturated carbocycles. The molecule has 0 unspecified atom stereocenters. The number of hydrogen-bond acceptors (Lipinski definition) is 2. The van der Waals surface area contributed by atoms with E-state index in [-0.39, 0.29) is 0 Å². The number of nitrogens with two attached hydrogens (primary N) is 1. The first kappa shape index (κ1) is 11.6. The van der Waals surface area contributed by atoms with Crippen molar-refractivity contribution in [2.75, 3.05) is 11.5 Å². The molecule has 1 aromatic heterocycles. The van der Waals surface area contributed by atoms with Crippen LogP contribution in [0.2, 0.25) is 0 Å². The van der Waals surface area contributed by atoms with Crippen molar-refractivity contribution in [2.45, 2.75) is 20.0 Å². The Labute approximate surface area is 101 Å². The molecule has 16 heavy (non-hydrogen) atoms. The lowest BCUT2D eigenvalue weighted by molar-refractivity contribution is 0.807. The highest BCUT2D eigenvalue weighted by Crippen LogP contribution is 2.18. The molecule has 2 N–H and O–H groups in total. The van der Waals surface area contributed by atoms with Crippen LogP contribution in [0.25, 0.3) is 10.9 Å². The molecule has 0 radical (unpaired) electrons. The van der Waals surface area contributed by atoms with E-state index in [1.165, 1.54) is 28.0 Å². The summed E-state index contributed by atoms with van der Waals surface area (Å²) in [6.07, 6.45) is 2.17. The summed E-state index contributed by atoms with van der Waals surface area (Å²) < 4.78 is 2.32. The summed E-state index contributed by atoms with van der Waals surface area (Å²) in [4.78, 5) is 0. The summed E-state index contributed by atoms with van der Waals surface area (Å²) in [5, 5.41) is 1.30. The largest absolute Gasteiger partial charge is 0.347 e. The second-order valence-corrected chi connectivity index (χ2v) is 5.20. The molecule has 0 saturated heterocycles. The Morgan fingerprint density at radius 2 is 2.19 bits per heavy atom. The molecule has 0 amide bonds. The number of thioether (sulfide) groups is 1. The van der Waals surface area contributed by atoms with Gasteiger partial charge in [-0.1, -0.05) is 13.0 Å². The Morgan fingerprint density at radius 3 is 2.94 bits per heavy atom. The van der Waals surface area contributed by atoms with Crippen LogP contribution < -0.4 is 5.73 Å². The molecule has 1 heterocycles. The van der Waals surface area contributed by atoms with Crippen molar-refractivity contribution in [1.82, 2.24) is 4.57 Å². The summed E-state index contributed by atoms with van der Waals surface area (Å²) >= 11 is 1.98. The van der Waals surface area contributed by atoms with Gasteiger partial charge in [0.25, 0.3) is 0 Å². The van der Waals surface area contributed by atoms with E-state index < -0.39 is 0 Å². The fourth-order valence-electron chi connectivity index (χ4n) is 1.88. The molecular formula is C13H18N2S. The van der Waals surface area contributed by atoms with Crippen LogP contribution in [0.4, 0.5) is 0 Å². The van der Waals surface area contributed by atoms with Crippen molar-refractivity contribution < 1.29 is 0 Å². The summed E-state index contributed by atoms with van der Waals surface area (Å²) in [5.41, 5.74) is 8.15. The molecule has 2 rings (SSSR count). The molecule has 0 bridgehead atoms.